The molecule has 45 heavy (non-hydrogen) atoms. The Labute approximate surface area is 276 Å². The first-order valence-corrected chi connectivity index (χ1v) is 18.1. The summed E-state index contributed by atoms with van der Waals surface area (Å²) in [5.74, 6) is -0.911. The maximum Gasteiger partial charge on any atom is 0.329 e. The van der Waals surface area contributed by atoms with Crippen molar-refractivity contribution in [3.8, 4) is 0 Å². The van der Waals surface area contributed by atoms with E-state index in [0.29, 0.717) is 13.2 Å². The molecule has 2 rings (SSSR count). The number of aryl methyl sites for hydroxylation is 1. The molecule has 0 saturated heterocycles. The number of hydrogen-bond donors (Lipinski definition) is 3. The molecule has 2 aromatic carbocycles. The smallest absolute Gasteiger partial charge is 0.329 e. The molecule has 256 valence electrons. The molecule has 0 amide bonds. The summed E-state index contributed by atoms with van der Waals surface area (Å²) >= 11 is 0. The van der Waals surface area contributed by atoms with E-state index >= 15 is 0 Å². The van der Waals surface area contributed by atoms with E-state index in [1.807, 2.05) is 24.3 Å². The van der Waals surface area contributed by atoms with E-state index in [1.54, 1.807) is 0 Å². The molecule has 0 aromatic heterocycles. The number of anilines is 2. The summed E-state index contributed by atoms with van der Waals surface area (Å²) in [5.41, 5.74) is 3.74. The molecular weight excluding hydrogens is 560 g/mol. The van der Waals surface area contributed by atoms with Crippen molar-refractivity contribution in [2.24, 2.45) is 0 Å². The zero-order valence-corrected chi connectivity index (χ0v) is 28.8. The fraction of sp³-hybridized carbons (Fsp3) is 0.667. The predicted octanol–water partition coefficient (Wildman–Crippen LogP) is 9.90. The van der Waals surface area contributed by atoms with Gasteiger partial charge in [-0.3, -0.25) is 0 Å². The Morgan fingerprint density at radius 3 is 1.80 bits per heavy atom. The SMILES string of the molecule is CCCCCCCCCCCCN(CCOCC(=O)O)c1ccccc1.CCCCCCCCCc1ccccc1NCCO. The monoisotopic (exact) mass is 627 g/mol. The van der Waals surface area contributed by atoms with Gasteiger partial charge in [0.2, 0.25) is 0 Å². The lowest BCUT2D eigenvalue weighted by atomic mass is 10.0. The standard InChI is InChI=1S/C22H37NO3.C17H29NO/c1-2-3-4-5-6-7-8-9-10-14-17-23(18-19-26-20-22(24)25)21-15-12-11-13-16-21;1-2-3-4-5-6-7-8-11-16-12-9-10-13-17(16)18-14-15-19/h11-13,15-16H,2-10,14,17-20H2,1H3,(H,24,25);9-10,12-13,18-19H,2-8,11,14-15H2,1H3. The number of rotatable bonds is 28. The molecule has 0 bridgehead atoms. The number of carboxylic acids is 1. The highest BCUT2D eigenvalue weighted by atomic mass is 16.5. The number of carboxylic acid groups (broad SMARTS) is 1. The Kier molecular flexibility index (Phi) is 27.1. The van der Waals surface area contributed by atoms with Gasteiger partial charge in [-0.1, -0.05) is 147 Å². The van der Waals surface area contributed by atoms with Gasteiger partial charge in [0.25, 0.3) is 0 Å². The van der Waals surface area contributed by atoms with Crippen LogP contribution < -0.4 is 10.2 Å². The second-order valence-electron chi connectivity index (χ2n) is 12.1. The van der Waals surface area contributed by atoms with Crippen molar-refractivity contribution in [1.82, 2.24) is 0 Å². The Hall–Kier alpha value is -2.57. The number of aliphatic hydroxyl groups is 1. The number of nitrogens with one attached hydrogen (secondary N) is 1. The Bertz CT molecular complexity index is 924. The largest absolute Gasteiger partial charge is 0.480 e. The number of hydrogen-bond acceptors (Lipinski definition) is 5. The van der Waals surface area contributed by atoms with Crippen molar-refractivity contribution in [2.75, 3.05) is 49.7 Å². The Balaban J connectivity index is 0.000000472. The van der Waals surface area contributed by atoms with E-state index in [2.05, 4.69) is 54.4 Å². The van der Waals surface area contributed by atoms with Crippen molar-refractivity contribution >= 4 is 17.3 Å². The fourth-order valence-electron chi connectivity index (χ4n) is 5.51. The van der Waals surface area contributed by atoms with Crippen molar-refractivity contribution in [2.45, 2.75) is 129 Å². The number of benzene rings is 2. The fourth-order valence-corrected chi connectivity index (χ4v) is 5.51. The van der Waals surface area contributed by atoms with Crippen LogP contribution in [0.3, 0.4) is 0 Å². The molecule has 0 radical (unpaired) electrons. The van der Waals surface area contributed by atoms with Crippen LogP contribution in [0.4, 0.5) is 11.4 Å². The number of aliphatic carboxylic acids is 1. The van der Waals surface area contributed by atoms with Crippen LogP contribution in [0.25, 0.3) is 0 Å². The topological polar surface area (TPSA) is 82.0 Å². The predicted molar refractivity (Wildman–Crippen MR) is 193 cm³/mol. The molecule has 0 saturated carbocycles. The maximum atomic E-state index is 10.5. The highest BCUT2D eigenvalue weighted by Gasteiger charge is 2.07. The molecule has 6 nitrogen and oxygen atoms in total. The molecule has 0 aliphatic carbocycles. The molecule has 0 aliphatic heterocycles. The van der Waals surface area contributed by atoms with Crippen LogP contribution in [0, 0.1) is 0 Å². The van der Waals surface area contributed by atoms with Crippen LogP contribution >= 0.6 is 0 Å². The first-order chi connectivity index (χ1) is 22.1. The molecular formula is C39H66N2O4. The zero-order valence-electron chi connectivity index (χ0n) is 28.8. The van der Waals surface area contributed by atoms with Crippen LogP contribution in [0.15, 0.2) is 54.6 Å². The summed E-state index contributed by atoms with van der Waals surface area (Å²) in [6.07, 6.45) is 23.9. The lowest BCUT2D eigenvalue weighted by molar-refractivity contribution is -0.142. The van der Waals surface area contributed by atoms with Gasteiger partial charge in [0.1, 0.15) is 6.61 Å². The van der Waals surface area contributed by atoms with Crippen LogP contribution in [0.5, 0.6) is 0 Å². The minimum atomic E-state index is -0.911. The van der Waals surface area contributed by atoms with Gasteiger partial charge in [0.05, 0.1) is 13.2 Å². The van der Waals surface area contributed by atoms with Gasteiger partial charge in [0, 0.05) is 31.0 Å². The van der Waals surface area contributed by atoms with Gasteiger partial charge in [-0.15, -0.1) is 0 Å². The molecule has 6 heteroatoms. The summed E-state index contributed by atoms with van der Waals surface area (Å²) in [6.45, 7) is 7.29. The van der Waals surface area contributed by atoms with Crippen molar-refractivity contribution in [1.29, 1.82) is 0 Å². The van der Waals surface area contributed by atoms with Crippen LogP contribution in [-0.2, 0) is 16.0 Å². The molecule has 2 aromatic rings. The Morgan fingerprint density at radius 2 is 1.22 bits per heavy atom. The third-order valence-corrected chi connectivity index (χ3v) is 8.13. The van der Waals surface area contributed by atoms with E-state index in [4.69, 9.17) is 14.9 Å². The summed E-state index contributed by atoms with van der Waals surface area (Å²) in [4.78, 5) is 12.8. The second-order valence-corrected chi connectivity index (χ2v) is 12.1. The number of para-hydroxylation sites is 2. The van der Waals surface area contributed by atoms with Gasteiger partial charge in [-0.25, -0.2) is 4.79 Å². The molecule has 0 heterocycles. The van der Waals surface area contributed by atoms with Crippen LogP contribution in [-0.4, -0.2) is 55.6 Å². The number of aliphatic hydroxyl groups excluding tert-OH is 1. The number of unbranched alkanes of at least 4 members (excludes halogenated alkanes) is 15. The van der Waals surface area contributed by atoms with Crippen molar-refractivity contribution in [3.63, 3.8) is 0 Å². The summed E-state index contributed by atoms with van der Waals surface area (Å²) in [7, 11) is 0. The molecule has 0 atom stereocenters. The number of nitrogens with zero attached hydrogens (tertiary/aromatic N) is 1. The van der Waals surface area contributed by atoms with Gasteiger partial charge in [0.15, 0.2) is 0 Å². The quantitative estimate of drug-likeness (QED) is 0.0816. The van der Waals surface area contributed by atoms with E-state index in [1.165, 1.54) is 126 Å². The van der Waals surface area contributed by atoms with Gasteiger partial charge >= 0.3 is 5.97 Å². The number of carbonyl (C=O) groups is 1. The number of ether oxygens (including phenoxy) is 1. The second kappa shape index (κ2) is 30.1. The first kappa shape index (κ1) is 40.5. The van der Waals surface area contributed by atoms with E-state index in [9.17, 15) is 4.79 Å². The highest BCUT2D eigenvalue weighted by Crippen LogP contribution is 2.19. The van der Waals surface area contributed by atoms with Crippen LogP contribution in [0.2, 0.25) is 0 Å². The van der Waals surface area contributed by atoms with Gasteiger partial charge < -0.3 is 25.2 Å². The third kappa shape index (κ3) is 23.4. The van der Waals surface area contributed by atoms with E-state index in [0.717, 1.165) is 19.5 Å². The first-order valence-electron chi connectivity index (χ1n) is 18.1. The van der Waals surface area contributed by atoms with E-state index < -0.39 is 5.97 Å². The lowest BCUT2D eigenvalue weighted by Crippen LogP contribution is -2.29. The molecule has 0 unspecified atom stereocenters. The molecule has 0 spiro atoms. The average Bonchev–Trinajstić information content (AvgIpc) is 3.06. The van der Waals surface area contributed by atoms with Gasteiger partial charge in [-0.05, 0) is 43.0 Å². The minimum absolute atomic E-state index is 0.186. The summed E-state index contributed by atoms with van der Waals surface area (Å²) in [6, 6.07) is 18.7. The molecule has 0 fully saturated rings. The maximum absolute atomic E-state index is 10.5. The van der Waals surface area contributed by atoms with Crippen molar-refractivity contribution in [3.05, 3.63) is 60.2 Å². The molecule has 0 aliphatic rings. The molecule has 3 N–H and O–H groups in total. The third-order valence-electron chi connectivity index (χ3n) is 8.13. The van der Waals surface area contributed by atoms with Gasteiger partial charge in [-0.2, -0.15) is 0 Å². The average molecular weight is 627 g/mol. The highest BCUT2D eigenvalue weighted by molar-refractivity contribution is 5.68. The minimum Gasteiger partial charge on any atom is -0.480 e. The lowest BCUT2D eigenvalue weighted by Gasteiger charge is -2.24. The van der Waals surface area contributed by atoms with Crippen molar-refractivity contribution < 1.29 is 19.7 Å². The Morgan fingerprint density at radius 1 is 0.689 bits per heavy atom. The normalized spacial score (nSPS) is 10.7. The van der Waals surface area contributed by atoms with E-state index in [-0.39, 0.29) is 13.2 Å². The van der Waals surface area contributed by atoms with Crippen LogP contribution in [0.1, 0.15) is 129 Å². The zero-order chi connectivity index (χ0) is 32.6. The summed E-state index contributed by atoms with van der Waals surface area (Å²) in [5, 5.41) is 20.8. The summed E-state index contributed by atoms with van der Waals surface area (Å²) < 4.78 is 5.21.